The largest absolute Gasteiger partial charge is 0.204 e. The van der Waals surface area contributed by atoms with E-state index in [0.717, 1.165) is 44.4 Å². The summed E-state index contributed by atoms with van der Waals surface area (Å²) in [6.07, 6.45) is 14.6. The highest BCUT2D eigenvalue weighted by Gasteiger charge is 2.24. The van der Waals surface area contributed by atoms with Crippen molar-refractivity contribution in [2.75, 3.05) is 0 Å². The highest BCUT2D eigenvalue weighted by molar-refractivity contribution is 5.23. The third kappa shape index (κ3) is 5.40. The van der Waals surface area contributed by atoms with Crippen LogP contribution in [0.25, 0.3) is 0 Å². The van der Waals surface area contributed by atoms with E-state index < -0.39 is 17.5 Å². The Morgan fingerprint density at radius 1 is 0.957 bits per heavy atom. The Kier molecular flexibility index (Phi) is 7.19. The fourth-order valence-electron chi connectivity index (χ4n) is 3.58. The van der Waals surface area contributed by atoms with Crippen molar-refractivity contribution < 1.29 is 13.2 Å². The fraction of sp³-hybridized carbons (Fsp3) is 0.600. The SMILES string of the molecule is CCC=CCCCCC1CCC(c2cc(F)c(F)c(F)c2)CC1. The van der Waals surface area contributed by atoms with E-state index in [0.29, 0.717) is 5.56 Å². The van der Waals surface area contributed by atoms with Crippen molar-refractivity contribution in [1.29, 1.82) is 0 Å². The number of benzene rings is 1. The Hall–Kier alpha value is -1.25. The molecule has 0 aromatic heterocycles. The van der Waals surface area contributed by atoms with E-state index in [-0.39, 0.29) is 5.92 Å². The van der Waals surface area contributed by atoms with Crippen molar-refractivity contribution in [2.24, 2.45) is 5.92 Å². The van der Waals surface area contributed by atoms with Gasteiger partial charge >= 0.3 is 0 Å². The number of rotatable bonds is 7. The van der Waals surface area contributed by atoms with Gasteiger partial charge in [-0.2, -0.15) is 0 Å². The smallest absolute Gasteiger partial charge is 0.194 e. The minimum Gasteiger partial charge on any atom is -0.204 e. The summed E-state index contributed by atoms with van der Waals surface area (Å²) in [6.45, 7) is 2.15. The zero-order chi connectivity index (χ0) is 16.7. The third-order valence-electron chi connectivity index (χ3n) is 4.96. The molecule has 0 saturated heterocycles. The summed E-state index contributed by atoms with van der Waals surface area (Å²) in [5, 5.41) is 0. The topological polar surface area (TPSA) is 0 Å². The Bertz CT molecular complexity index is 491. The molecule has 1 aromatic carbocycles. The zero-order valence-electron chi connectivity index (χ0n) is 14.0. The quantitative estimate of drug-likeness (QED) is 0.290. The van der Waals surface area contributed by atoms with Crippen molar-refractivity contribution in [1.82, 2.24) is 0 Å². The van der Waals surface area contributed by atoms with E-state index in [9.17, 15) is 13.2 Å². The molecular weight excluding hydrogens is 297 g/mol. The second kappa shape index (κ2) is 9.14. The van der Waals surface area contributed by atoms with Gasteiger partial charge in [0.1, 0.15) is 0 Å². The minimum atomic E-state index is -1.36. The summed E-state index contributed by atoms with van der Waals surface area (Å²) in [7, 11) is 0. The predicted octanol–water partition coefficient (Wildman–Crippen LogP) is 6.90. The second-order valence-corrected chi connectivity index (χ2v) is 6.68. The molecule has 1 fully saturated rings. The molecule has 0 atom stereocenters. The maximum absolute atomic E-state index is 13.3. The van der Waals surface area contributed by atoms with Gasteiger partial charge in [-0.25, -0.2) is 13.2 Å². The van der Waals surface area contributed by atoms with Crippen LogP contribution in [0.1, 0.15) is 76.2 Å². The van der Waals surface area contributed by atoms with Crippen molar-refractivity contribution in [3.8, 4) is 0 Å². The number of unbranched alkanes of at least 4 members (excludes halogenated alkanes) is 2. The van der Waals surface area contributed by atoms with Crippen LogP contribution in [0.5, 0.6) is 0 Å². The molecule has 1 aromatic rings. The molecule has 1 saturated carbocycles. The van der Waals surface area contributed by atoms with Crippen molar-refractivity contribution in [2.45, 2.75) is 70.6 Å². The number of hydrogen-bond donors (Lipinski definition) is 0. The van der Waals surface area contributed by atoms with Crippen molar-refractivity contribution >= 4 is 0 Å². The lowest BCUT2D eigenvalue weighted by molar-refractivity contribution is 0.302. The molecule has 1 aliphatic carbocycles. The Morgan fingerprint density at radius 3 is 2.22 bits per heavy atom. The van der Waals surface area contributed by atoms with Crippen LogP contribution in [0.4, 0.5) is 13.2 Å². The highest BCUT2D eigenvalue weighted by atomic mass is 19.2. The molecule has 128 valence electrons. The number of halogens is 3. The number of allylic oxidation sites excluding steroid dienone is 2. The van der Waals surface area contributed by atoms with Crippen LogP contribution in [0.3, 0.4) is 0 Å². The van der Waals surface area contributed by atoms with E-state index in [1.54, 1.807) is 0 Å². The minimum absolute atomic E-state index is 0.170. The van der Waals surface area contributed by atoms with Crippen LogP contribution < -0.4 is 0 Å². The van der Waals surface area contributed by atoms with Crippen LogP contribution >= 0.6 is 0 Å². The van der Waals surface area contributed by atoms with Crippen LogP contribution in [-0.2, 0) is 0 Å². The molecule has 0 unspecified atom stereocenters. The monoisotopic (exact) mass is 324 g/mol. The van der Waals surface area contributed by atoms with Crippen LogP contribution in [0.2, 0.25) is 0 Å². The van der Waals surface area contributed by atoms with Gasteiger partial charge in [0, 0.05) is 0 Å². The lowest BCUT2D eigenvalue weighted by atomic mass is 9.77. The molecule has 0 amide bonds. The first-order valence-electron chi connectivity index (χ1n) is 8.91. The summed E-state index contributed by atoms with van der Waals surface area (Å²) >= 11 is 0. The fourth-order valence-corrected chi connectivity index (χ4v) is 3.58. The average Bonchev–Trinajstić information content (AvgIpc) is 2.56. The van der Waals surface area contributed by atoms with E-state index >= 15 is 0 Å². The standard InChI is InChI=1S/C20H27F3/c1-2-3-4-5-6-7-8-15-9-11-16(12-10-15)17-13-18(21)20(23)19(22)14-17/h3-4,13-16H,2,5-12H2,1H3. The molecule has 0 heterocycles. The summed E-state index contributed by atoms with van der Waals surface area (Å²) in [5.41, 5.74) is 0.615. The molecule has 0 bridgehead atoms. The molecular formula is C20H27F3. The van der Waals surface area contributed by atoms with Crippen LogP contribution in [0, 0.1) is 23.4 Å². The van der Waals surface area contributed by atoms with Gasteiger partial charge in [0.15, 0.2) is 17.5 Å². The molecule has 1 aliphatic rings. The van der Waals surface area contributed by atoms with Crippen molar-refractivity contribution in [3.63, 3.8) is 0 Å². The zero-order valence-corrected chi connectivity index (χ0v) is 14.0. The maximum atomic E-state index is 13.3. The maximum Gasteiger partial charge on any atom is 0.194 e. The molecule has 2 rings (SSSR count). The Morgan fingerprint density at radius 2 is 1.61 bits per heavy atom. The molecule has 0 N–H and O–H groups in total. The lowest BCUT2D eigenvalue weighted by Crippen LogP contribution is -2.14. The molecule has 0 spiro atoms. The number of hydrogen-bond acceptors (Lipinski definition) is 0. The van der Waals surface area contributed by atoms with Gasteiger partial charge < -0.3 is 0 Å². The first-order valence-corrected chi connectivity index (χ1v) is 8.91. The molecule has 0 radical (unpaired) electrons. The van der Waals surface area contributed by atoms with E-state index in [1.165, 1.54) is 31.4 Å². The Labute approximate surface area is 137 Å². The van der Waals surface area contributed by atoms with Gasteiger partial charge in [-0.15, -0.1) is 0 Å². The first-order chi connectivity index (χ1) is 11.1. The second-order valence-electron chi connectivity index (χ2n) is 6.68. The molecule has 3 heteroatoms. The van der Waals surface area contributed by atoms with Crippen LogP contribution in [0.15, 0.2) is 24.3 Å². The predicted molar refractivity (Wildman–Crippen MR) is 88.9 cm³/mol. The van der Waals surface area contributed by atoms with Crippen molar-refractivity contribution in [3.05, 3.63) is 47.3 Å². The Balaban J connectivity index is 1.75. The van der Waals surface area contributed by atoms with Gasteiger partial charge in [0.25, 0.3) is 0 Å². The van der Waals surface area contributed by atoms with Gasteiger partial charge in [0.05, 0.1) is 0 Å². The first kappa shape index (κ1) is 18.1. The summed E-state index contributed by atoms with van der Waals surface area (Å²) in [4.78, 5) is 0. The summed E-state index contributed by atoms with van der Waals surface area (Å²) in [6, 6.07) is 2.34. The highest BCUT2D eigenvalue weighted by Crippen LogP contribution is 2.38. The van der Waals surface area contributed by atoms with Crippen LogP contribution in [-0.4, -0.2) is 0 Å². The molecule has 23 heavy (non-hydrogen) atoms. The summed E-state index contributed by atoms with van der Waals surface area (Å²) < 4.78 is 39.7. The normalized spacial score (nSPS) is 21.9. The van der Waals surface area contributed by atoms with E-state index in [2.05, 4.69) is 19.1 Å². The van der Waals surface area contributed by atoms with E-state index in [4.69, 9.17) is 0 Å². The van der Waals surface area contributed by atoms with Gasteiger partial charge in [-0.05, 0) is 74.5 Å². The van der Waals surface area contributed by atoms with E-state index in [1.807, 2.05) is 0 Å². The van der Waals surface area contributed by atoms with Gasteiger partial charge in [0.2, 0.25) is 0 Å². The summed E-state index contributed by atoms with van der Waals surface area (Å²) in [5.74, 6) is -2.59. The van der Waals surface area contributed by atoms with Gasteiger partial charge in [-0.1, -0.05) is 31.9 Å². The molecule has 0 nitrogen and oxygen atoms in total. The van der Waals surface area contributed by atoms with Gasteiger partial charge in [-0.3, -0.25) is 0 Å². The lowest BCUT2D eigenvalue weighted by Gasteiger charge is -2.29. The third-order valence-corrected chi connectivity index (χ3v) is 4.96. The molecule has 0 aliphatic heterocycles. The average molecular weight is 324 g/mol.